The molecule has 0 fully saturated rings. The predicted octanol–water partition coefficient (Wildman–Crippen LogP) is 5.09. The van der Waals surface area contributed by atoms with Gasteiger partial charge in [-0.1, -0.05) is 43.7 Å². The standard InChI is InChI=1S/C30H30FN3O5/c1-17(2)13-24(30(38)39)33-28(36)20-9-12-25-23(15-20)32-27(35)16-26(19-7-10-22(31)11-8-19)34(25)29(37)21-6-4-5-18(3)14-21/h4-12,14-15,17,24,26H,13,16H2,1-3H3,(H,32,35)(H,33,36)(H,38,39). The molecule has 1 aliphatic rings. The Kier molecular flexibility index (Phi) is 8.09. The lowest BCUT2D eigenvalue weighted by Crippen LogP contribution is -2.41. The number of fused-ring (bicyclic) bond motifs is 1. The summed E-state index contributed by atoms with van der Waals surface area (Å²) in [5.41, 5.74) is 2.57. The number of aliphatic carboxylic acids is 1. The summed E-state index contributed by atoms with van der Waals surface area (Å²) in [6.07, 6.45) is 0.149. The molecule has 202 valence electrons. The Morgan fingerprint density at radius 1 is 1.05 bits per heavy atom. The molecule has 1 heterocycles. The molecule has 39 heavy (non-hydrogen) atoms. The van der Waals surface area contributed by atoms with Crippen molar-refractivity contribution in [1.29, 1.82) is 0 Å². The predicted molar refractivity (Wildman–Crippen MR) is 145 cm³/mol. The second-order valence-electron chi connectivity index (χ2n) is 10.1. The van der Waals surface area contributed by atoms with Gasteiger partial charge in [-0.25, -0.2) is 9.18 Å². The number of amides is 3. The van der Waals surface area contributed by atoms with Gasteiger partial charge >= 0.3 is 5.97 Å². The summed E-state index contributed by atoms with van der Waals surface area (Å²) in [7, 11) is 0. The van der Waals surface area contributed by atoms with Gasteiger partial charge in [0.25, 0.3) is 11.8 Å². The third-order valence-electron chi connectivity index (χ3n) is 6.53. The molecule has 3 N–H and O–H groups in total. The maximum absolute atomic E-state index is 13.9. The van der Waals surface area contributed by atoms with E-state index in [9.17, 15) is 28.7 Å². The van der Waals surface area contributed by atoms with Crippen LogP contribution in [0.5, 0.6) is 0 Å². The number of benzene rings is 3. The van der Waals surface area contributed by atoms with E-state index in [1.165, 1.54) is 41.3 Å². The van der Waals surface area contributed by atoms with E-state index in [4.69, 9.17) is 0 Å². The van der Waals surface area contributed by atoms with Crippen LogP contribution in [0.25, 0.3) is 0 Å². The summed E-state index contributed by atoms with van der Waals surface area (Å²) in [6, 6.07) is 15.3. The summed E-state index contributed by atoms with van der Waals surface area (Å²) >= 11 is 0. The van der Waals surface area contributed by atoms with E-state index in [1.54, 1.807) is 24.3 Å². The molecule has 0 radical (unpaired) electrons. The van der Waals surface area contributed by atoms with Crippen molar-refractivity contribution in [2.24, 2.45) is 5.92 Å². The third kappa shape index (κ3) is 6.31. The first-order valence-corrected chi connectivity index (χ1v) is 12.7. The Bertz CT molecular complexity index is 1420. The zero-order chi connectivity index (χ0) is 28.3. The van der Waals surface area contributed by atoms with Crippen LogP contribution in [0.4, 0.5) is 15.8 Å². The minimum Gasteiger partial charge on any atom is -0.480 e. The SMILES string of the molecule is Cc1cccc(C(=O)N2c3ccc(C(=O)NC(CC(C)C)C(=O)O)cc3NC(=O)CC2c2ccc(F)cc2)c1. The van der Waals surface area contributed by atoms with E-state index in [-0.39, 0.29) is 35.9 Å². The molecule has 0 saturated carbocycles. The zero-order valence-electron chi connectivity index (χ0n) is 21.9. The fraction of sp³-hybridized carbons (Fsp3) is 0.267. The van der Waals surface area contributed by atoms with Gasteiger partial charge in [0.1, 0.15) is 11.9 Å². The zero-order valence-corrected chi connectivity index (χ0v) is 21.9. The fourth-order valence-electron chi connectivity index (χ4n) is 4.68. The molecule has 0 aromatic heterocycles. The van der Waals surface area contributed by atoms with Crippen LogP contribution >= 0.6 is 0 Å². The van der Waals surface area contributed by atoms with E-state index in [2.05, 4.69) is 10.6 Å². The highest BCUT2D eigenvalue weighted by Crippen LogP contribution is 2.39. The lowest BCUT2D eigenvalue weighted by molar-refractivity contribution is -0.139. The van der Waals surface area contributed by atoms with Crippen molar-refractivity contribution >= 4 is 35.1 Å². The Morgan fingerprint density at radius 2 is 1.77 bits per heavy atom. The van der Waals surface area contributed by atoms with Gasteiger partial charge in [0.05, 0.1) is 23.8 Å². The highest BCUT2D eigenvalue weighted by Gasteiger charge is 2.35. The van der Waals surface area contributed by atoms with Crippen molar-refractivity contribution in [3.05, 3.63) is 94.8 Å². The van der Waals surface area contributed by atoms with Crippen molar-refractivity contribution in [2.75, 3.05) is 10.2 Å². The molecule has 2 unspecified atom stereocenters. The average Bonchev–Trinajstić information content (AvgIpc) is 3.03. The highest BCUT2D eigenvalue weighted by molar-refractivity contribution is 6.12. The molecule has 9 heteroatoms. The summed E-state index contributed by atoms with van der Waals surface area (Å²) in [4.78, 5) is 53.1. The van der Waals surface area contributed by atoms with Crippen molar-refractivity contribution in [1.82, 2.24) is 5.32 Å². The number of carboxylic acids is 1. The maximum atomic E-state index is 13.9. The normalized spacial score (nSPS) is 15.7. The van der Waals surface area contributed by atoms with Crippen molar-refractivity contribution in [3.8, 4) is 0 Å². The molecule has 0 spiro atoms. The van der Waals surface area contributed by atoms with E-state index in [1.807, 2.05) is 26.8 Å². The van der Waals surface area contributed by atoms with Crippen LogP contribution in [0.1, 0.15) is 64.6 Å². The summed E-state index contributed by atoms with van der Waals surface area (Å²) in [5.74, 6) is -2.92. The number of carbonyl (C=O) groups excluding carboxylic acids is 3. The molecule has 8 nitrogen and oxygen atoms in total. The Labute approximate surface area is 225 Å². The van der Waals surface area contributed by atoms with Crippen molar-refractivity contribution in [3.63, 3.8) is 0 Å². The number of anilines is 2. The fourth-order valence-corrected chi connectivity index (χ4v) is 4.68. The topological polar surface area (TPSA) is 116 Å². The first-order chi connectivity index (χ1) is 18.5. The molecular weight excluding hydrogens is 501 g/mol. The Balaban J connectivity index is 1.78. The first kappa shape index (κ1) is 27.5. The van der Waals surface area contributed by atoms with E-state index < -0.39 is 35.7 Å². The number of nitrogens with zero attached hydrogens (tertiary/aromatic N) is 1. The number of hydrogen-bond acceptors (Lipinski definition) is 4. The largest absolute Gasteiger partial charge is 0.480 e. The van der Waals surface area contributed by atoms with Crippen LogP contribution in [-0.2, 0) is 9.59 Å². The van der Waals surface area contributed by atoms with Gasteiger partial charge in [-0.2, -0.15) is 0 Å². The molecule has 3 aromatic carbocycles. The summed E-state index contributed by atoms with van der Waals surface area (Å²) in [6.45, 7) is 5.58. The average molecular weight is 532 g/mol. The second kappa shape index (κ2) is 11.5. The van der Waals surface area contributed by atoms with Crippen LogP contribution < -0.4 is 15.5 Å². The summed E-state index contributed by atoms with van der Waals surface area (Å²) in [5, 5.41) is 14.8. The molecule has 2 atom stereocenters. The Morgan fingerprint density at radius 3 is 2.41 bits per heavy atom. The van der Waals surface area contributed by atoms with Gasteiger partial charge in [-0.05, 0) is 67.3 Å². The lowest BCUT2D eigenvalue weighted by Gasteiger charge is -2.31. The van der Waals surface area contributed by atoms with Crippen LogP contribution in [0.2, 0.25) is 0 Å². The number of hydrogen-bond donors (Lipinski definition) is 3. The van der Waals surface area contributed by atoms with E-state index in [0.29, 0.717) is 16.8 Å². The van der Waals surface area contributed by atoms with E-state index >= 15 is 0 Å². The van der Waals surface area contributed by atoms with Gasteiger partial charge in [-0.3, -0.25) is 19.3 Å². The molecule has 3 aromatic rings. The van der Waals surface area contributed by atoms with Crippen molar-refractivity contribution in [2.45, 2.75) is 45.7 Å². The van der Waals surface area contributed by atoms with Crippen LogP contribution in [0.15, 0.2) is 66.7 Å². The smallest absolute Gasteiger partial charge is 0.326 e. The van der Waals surface area contributed by atoms with Gasteiger partial charge in [0.15, 0.2) is 0 Å². The number of halogens is 1. The molecule has 3 amide bonds. The summed E-state index contributed by atoms with van der Waals surface area (Å²) < 4.78 is 13.7. The van der Waals surface area contributed by atoms with Gasteiger partial charge in [0, 0.05) is 11.1 Å². The molecule has 0 bridgehead atoms. The molecule has 0 saturated heterocycles. The minimum absolute atomic E-state index is 0.0438. The maximum Gasteiger partial charge on any atom is 0.326 e. The monoisotopic (exact) mass is 531 g/mol. The number of aryl methyl sites for hydroxylation is 1. The quantitative estimate of drug-likeness (QED) is 0.393. The van der Waals surface area contributed by atoms with Crippen molar-refractivity contribution < 1.29 is 28.7 Å². The number of nitrogens with one attached hydrogen (secondary N) is 2. The minimum atomic E-state index is -1.14. The Hall–Kier alpha value is -4.53. The molecule has 0 aliphatic carbocycles. The molecule has 4 rings (SSSR count). The number of rotatable bonds is 7. The van der Waals surface area contributed by atoms with Gasteiger partial charge in [-0.15, -0.1) is 0 Å². The lowest BCUT2D eigenvalue weighted by atomic mass is 9.99. The van der Waals surface area contributed by atoms with Gasteiger partial charge in [0.2, 0.25) is 5.91 Å². The van der Waals surface area contributed by atoms with Crippen LogP contribution in [-0.4, -0.2) is 34.8 Å². The second-order valence-corrected chi connectivity index (χ2v) is 10.1. The highest BCUT2D eigenvalue weighted by atomic mass is 19.1. The first-order valence-electron chi connectivity index (χ1n) is 12.7. The molecule has 1 aliphatic heterocycles. The number of carbonyl (C=O) groups is 4. The van der Waals surface area contributed by atoms with Gasteiger partial charge < -0.3 is 15.7 Å². The van der Waals surface area contributed by atoms with Crippen LogP contribution in [0.3, 0.4) is 0 Å². The number of carboxylic acid groups (broad SMARTS) is 1. The molecular formula is C30H30FN3O5. The van der Waals surface area contributed by atoms with E-state index in [0.717, 1.165) is 5.56 Å². The van der Waals surface area contributed by atoms with Crippen LogP contribution in [0, 0.1) is 18.7 Å². The third-order valence-corrected chi connectivity index (χ3v) is 6.53.